The average Bonchev–Trinajstić information content (AvgIpc) is 3.43. The Morgan fingerprint density at radius 3 is 2.58 bits per heavy atom. The van der Waals surface area contributed by atoms with Crippen LogP contribution in [0.15, 0.2) is 29.4 Å². The maximum Gasteiger partial charge on any atom is 0.196 e. The minimum absolute atomic E-state index is 0.127. The lowest BCUT2D eigenvalue weighted by atomic mass is 10.1. The zero-order valence-electron chi connectivity index (χ0n) is 18.1. The van der Waals surface area contributed by atoms with E-state index >= 15 is 0 Å². The third-order valence-corrected chi connectivity index (χ3v) is 6.64. The molecule has 166 valence electrons. The normalized spacial score (nSPS) is 16.0. The van der Waals surface area contributed by atoms with Gasteiger partial charge in [0, 0.05) is 12.2 Å². The molecular formula is C21H29FN8S. The second kappa shape index (κ2) is 10.3. The van der Waals surface area contributed by atoms with Gasteiger partial charge >= 0.3 is 0 Å². The van der Waals surface area contributed by atoms with Gasteiger partial charge in [-0.05, 0) is 74.0 Å². The van der Waals surface area contributed by atoms with E-state index in [0.29, 0.717) is 5.75 Å². The molecule has 31 heavy (non-hydrogen) atoms. The molecule has 0 aliphatic carbocycles. The highest BCUT2D eigenvalue weighted by molar-refractivity contribution is 7.98. The summed E-state index contributed by atoms with van der Waals surface area (Å²) in [5, 5.41) is 21.9. The SMILES string of the molecule is CCCCn1nnnc1CSc1nnc(C(C)N2CCCCC2)n1-c1ccc(F)cc1. The van der Waals surface area contributed by atoms with Gasteiger partial charge in [-0.3, -0.25) is 9.47 Å². The molecule has 1 atom stereocenters. The van der Waals surface area contributed by atoms with E-state index in [-0.39, 0.29) is 11.9 Å². The van der Waals surface area contributed by atoms with Crippen LogP contribution in [0.5, 0.6) is 0 Å². The Balaban J connectivity index is 1.60. The number of aryl methyl sites for hydroxylation is 1. The summed E-state index contributed by atoms with van der Waals surface area (Å²) in [6, 6.07) is 6.64. The van der Waals surface area contributed by atoms with E-state index < -0.39 is 0 Å². The molecule has 2 aromatic heterocycles. The summed E-state index contributed by atoms with van der Waals surface area (Å²) in [6.45, 7) is 7.25. The Labute approximate surface area is 186 Å². The molecule has 10 heteroatoms. The van der Waals surface area contributed by atoms with Crippen molar-refractivity contribution in [1.29, 1.82) is 0 Å². The lowest BCUT2D eigenvalue weighted by Gasteiger charge is -2.31. The molecule has 0 saturated carbocycles. The standard InChI is InChI=1S/C21H29FN8S/c1-3-4-14-29-19(23-26-27-29)15-31-21-25-24-20(16(2)28-12-6-5-7-13-28)30(21)18-10-8-17(22)9-11-18/h8-11,16H,3-7,12-15H2,1-2H3. The number of hydrogen-bond acceptors (Lipinski definition) is 7. The van der Waals surface area contributed by atoms with Crippen molar-refractivity contribution in [2.45, 2.75) is 69.4 Å². The minimum atomic E-state index is -0.258. The Hall–Kier alpha value is -2.33. The van der Waals surface area contributed by atoms with Gasteiger partial charge in [-0.1, -0.05) is 31.5 Å². The Bertz CT molecular complexity index is 964. The Morgan fingerprint density at radius 1 is 1.06 bits per heavy atom. The first-order valence-electron chi connectivity index (χ1n) is 11.0. The first kappa shape index (κ1) is 21.9. The van der Waals surface area contributed by atoms with Crippen LogP contribution in [0.1, 0.15) is 63.6 Å². The largest absolute Gasteiger partial charge is 0.294 e. The molecule has 0 amide bonds. The molecule has 1 saturated heterocycles. The van der Waals surface area contributed by atoms with Crippen LogP contribution in [-0.2, 0) is 12.3 Å². The number of rotatable bonds is 9. The fraction of sp³-hybridized carbons (Fsp3) is 0.571. The third kappa shape index (κ3) is 5.12. The quantitative estimate of drug-likeness (QED) is 0.461. The summed E-state index contributed by atoms with van der Waals surface area (Å²) >= 11 is 1.55. The number of benzene rings is 1. The molecule has 3 aromatic rings. The molecule has 0 radical (unpaired) electrons. The van der Waals surface area contributed by atoms with E-state index in [9.17, 15) is 4.39 Å². The summed E-state index contributed by atoms with van der Waals surface area (Å²) in [5.74, 6) is 2.03. The number of tetrazole rings is 1. The summed E-state index contributed by atoms with van der Waals surface area (Å²) in [4.78, 5) is 2.45. The number of thioether (sulfide) groups is 1. The maximum absolute atomic E-state index is 13.6. The van der Waals surface area contributed by atoms with E-state index in [0.717, 1.165) is 55.0 Å². The summed E-state index contributed by atoms with van der Waals surface area (Å²) in [7, 11) is 0. The van der Waals surface area contributed by atoms with Gasteiger partial charge in [-0.2, -0.15) is 0 Å². The highest BCUT2D eigenvalue weighted by Gasteiger charge is 2.25. The van der Waals surface area contributed by atoms with Crippen LogP contribution in [0.25, 0.3) is 5.69 Å². The van der Waals surface area contributed by atoms with E-state index in [1.165, 1.54) is 31.4 Å². The van der Waals surface area contributed by atoms with Gasteiger partial charge in [-0.15, -0.1) is 15.3 Å². The summed E-state index contributed by atoms with van der Waals surface area (Å²) in [5.41, 5.74) is 0.860. The van der Waals surface area contributed by atoms with Crippen LogP contribution in [0.4, 0.5) is 4.39 Å². The molecule has 1 aliphatic rings. The van der Waals surface area contributed by atoms with Crippen LogP contribution in [0, 0.1) is 5.82 Å². The third-order valence-electron chi connectivity index (χ3n) is 5.72. The van der Waals surface area contributed by atoms with E-state index in [1.807, 2.05) is 9.25 Å². The maximum atomic E-state index is 13.6. The van der Waals surface area contributed by atoms with Crippen molar-refractivity contribution in [2.75, 3.05) is 13.1 Å². The first-order chi connectivity index (χ1) is 15.2. The second-order valence-electron chi connectivity index (χ2n) is 7.89. The predicted octanol–water partition coefficient (Wildman–Crippen LogP) is 4.03. The number of nitrogens with zero attached hydrogens (tertiary/aromatic N) is 8. The molecule has 1 aromatic carbocycles. The first-order valence-corrected chi connectivity index (χ1v) is 12.0. The van der Waals surface area contributed by atoms with Gasteiger partial charge in [0.05, 0.1) is 11.8 Å². The number of halogens is 1. The number of unbranched alkanes of at least 4 members (excludes halogenated alkanes) is 1. The highest BCUT2D eigenvalue weighted by atomic mass is 32.2. The number of hydrogen-bond donors (Lipinski definition) is 0. The molecule has 8 nitrogen and oxygen atoms in total. The fourth-order valence-corrected chi connectivity index (χ4v) is 4.78. The van der Waals surface area contributed by atoms with Crippen molar-refractivity contribution < 1.29 is 4.39 Å². The Kier molecular flexibility index (Phi) is 7.29. The predicted molar refractivity (Wildman–Crippen MR) is 117 cm³/mol. The molecule has 3 heterocycles. The smallest absolute Gasteiger partial charge is 0.196 e. The topological polar surface area (TPSA) is 77.5 Å². The zero-order chi connectivity index (χ0) is 21.6. The number of piperidine rings is 1. The molecule has 4 rings (SSSR count). The van der Waals surface area contributed by atoms with Crippen molar-refractivity contribution in [3.8, 4) is 5.69 Å². The molecule has 0 bridgehead atoms. The fourth-order valence-electron chi connectivity index (χ4n) is 3.88. The molecule has 0 N–H and O–H groups in total. The molecular weight excluding hydrogens is 415 g/mol. The van der Waals surface area contributed by atoms with Crippen molar-refractivity contribution >= 4 is 11.8 Å². The highest BCUT2D eigenvalue weighted by Crippen LogP contribution is 2.30. The van der Waals surface area contributed by atoms with Gasteiger partial charge < -0.3 is 0 Å². The summed E-state index contributed by atoms with van der Waals surface area (Å²) < 4.78 is 17.5. The van der Waals surface area contributed by atoms with Crippen molar-refractivity contribution in [3.63, 3.8) is 0 Å². The Morgan fingerprint density at radius 2 is 1.84 bits per heavy atom. The van der Waals surface area contributed by atoms with Crippen molar-refractivity contribution in [3.05, 3.63) is 41.7 Å². The van der Waals surface area contributed by atoms with Gasteiger partial charge in [0.1, 0.15) is 5.82 Å². The minimum Gasteiger partial charge on any atom is -0.294 e. The number of aromatic nitrogens is 7. The monoisotopic (exact) mass is 444 g/mol. The van der Waals surface area contributed by atoms with Crippen LogP contribution in [-0.4, -0.2) is 53.0 Å². The average molecular weight is 445 g/mol. The number of likely N-dealkylation sites (tertiary alicyclic amines) is 1. The summed E-state index contributed by atoms with van der Waals surface area (Å²) in [6.07, 6.45) is 5.81. The molecule has 1 unspecified atom stereocenters. The molecule has 0 spiro atoms. The molecule has 1 aliphatic heterocycles. The van der Waals surface area contributed by atoms with E-state index in [1.54, 1.807) is 23.9 Å². The van der Waals surface area contributed by atoms with Gasteiger partial charge in [0.2, 0.25) is 0 Å². The lowest BCUT2D eigenvalue weighted by Crippen LogP contribution is -2.33. The van der Waals surface area contributed by atoms with Gasteiger partial charge in [0.15, 0.2) is 16.8 Å². The zero-order valence-corrected chi connectivity index (χ0v) is 18.9. The van der Waals surface area contributed by atoms with E-state index in [4.69, 9.17) is 0 Å². The van der Waals surface area contributed by atoms with Crippen molar-refractivity contribution in [1.82, 2.24) is 39.9 Å². The van der Waals surface area contributed by atoms with Crippen LogP contribution >= 0.6 is 11.8 Å². The lowest BCUT2D eigenvalue weighted by molar-refractivity contribution is 0.167. The van der Waals surface area contributed by atoms with Gasteiger partial charge in [-0.25, -0.2) is 9.07 Å². The van der Waals surface area contributed by atoms with Crippen LogP contribution < -0.4 is 0 Å². The molecule has 1 fully saturated rings. The van der Waals surface area contributed by atoms with Crippen LogP contribution in [0.2, 0.25) is 0 Å². The van der Waals surface area contributed by atoms with E-state index in [2.05, 4.69) is 44.5 Å². The van der Waals surface area contributed by atoms with Crippen LogP contribution in [0.3, 0.4) is 0 Å². The van der Waals surface area contributed by atoms with Crippen molar-refractivity contribution in [2.24, 2.45) is 0 Å². The van der Waals surface area contributed by atoms with Gasteiger partial charge in [0.25, 0.3) is 0 Å². The second-order valence-corrected chi connectivity index (χ2v) is 8.83.